The summed E-state index contributed by atoms with van der Waals surface area (Å²) in [4.78, 5) is 11.1. The molecular weight excluding hydrogens is 565 g/mol. The van der Waals surface area contributed by atoms with Gasteiger partial charge < -0.3 is 5.32 Å². The van der Waals surface area contributed by atoms with Crippen LogP contribution in [0.1, 0.15) is 16.8 Å². The van der Waals surface area contributed by atoms with Crippen LogP contribution in [-0.4, -0.2) is 50.8 Å². The van der Waals surface area contributed by atoms with Crippen molar-refractivity contribution in [2.75, 3.05) is 18.2 Å². The highest BCUT2D eigenvalue weighted by atomic mass is 32.2. The summed E-state index contributed by atoms with van der Waals surface area (Å²) in [5.74, 6) is 0.470. The highest BCUT2D eigenvalue weighted by Gasteiger charge is 2.26. The van der Waals surface area contributed by atoms with Gasteiger partial charge in [-0.1, -0.05) is 12.1 Å². The maximum absolute atomic E-state index is 13.6. The van der Waals surface area contributed by atoms with Crippen LogP contribution in [0.3, 0.4) is 0 Å². The fraction of sp³-hybridized carbons (Fsp3) is 0.214. The molecule has 10 nitrogen and oxygen atoms in total. The molecule has 41 heavy (non-hydrogen) atoms. The Morgan fingerprint density at radius 3 is 2.90 bits per heavy atom. The van der Waals surface area contributed by atoms with Crippen molar-refractivity contribution in [3.8, 4) is 10.4 Å². The minimum atomic E-state index is -3.50. The van der Waals surface area contributed by atoms with Gasteiger partial charge in [0.15, 0.2) is 0 Å². The van der Waals surface area contributed by atoms with E-state index in [9.17, 15) is 12.8 Å². The predicted octanol–water partition coefficient (Wildman–Crippen LogP) is 4.91. The third kappa shape index (κ3) is 5.07. The Morgan fingerprint density at radius 1 is 1.15 bits per heavy atom. The largest absolute Gasteiger partial charge is 0.340 e. The van der Waals surface area contributed by atoms with Crippen molar-refractivity contribution in [1.29, 1.82) is 0 Å². The van der Waals surface area contributed by atoms with E-state index >= 15 is 0 Å². The van der Waals surface area contributed by atoms with Gasteiger partial charge >= 0.3 is 0 Å². The zero-order valence-corrected chi connectivity index (χ0v) is 23.5. The fourth-order valence-electron chi connectivity index (χ4n) is 5.25. The fourth-order valence-corrected chi connectivity index (χ4v) is 6.85. The molecule has 0 amide bonds. The average molecular weight is 590 g/mol. The molecule has 2 aromatic carbocycles. The predicted molar refractivity (Wildman–Crippen MR) is 155 cm³/mol. The van der Waals surface area contributed by atoms with Crippen LogP contribution in [0, 0.1) is 5.82 Å². The lowest BCUT2D eigenvalue weighted by molar-refractivity contribution is 0.297. The lowest BCUT2D eigenvalue weighted by Crippen LogP contribution is -2.11. The Labute approximate surface area is 238 Å². The van der Waals surface area contributed by atoms with Gasteiger partial charge in [0.05, 0.1) is 48.7 Å². The van der Waals surface area contributed by atoms with Crippen LogP contribution in [0.15, 0.2) is 61.2 Å². The number of aromatic nitrogens is 6. The van der Waals surface area contributed by atoms with E-state index in [1.807, 2.05) is 41.3 Å². The SMILES string of the molecule is CS(=O)(=O)OCCn1cc2c(n1)CCc1c-2sc2ncnc(Nc3ccc4c(cnn4Cc4cccc(F)c4)c3)c12. The first-order valence-corrected chi connectivity index (χ1v) is 15.6. The Morgan fingerprint density at radius 2 is 2.05 bits per heavy atom. The van der Waals surface area contributed by atoms with Gasteiger partial charge in [-0.2, -0.15) is 18.6 Å². The van der Waals surface area contributed by atoms with Crippen molar-refractivity contribution >= 4 is 54.1 Å². The first-order valence-electron chi connectivity index (χ1n) is 13.0. The van der Waals surface area contributed by atoms with Crippen molar-refractivity contribution in [3.63, 3.8) is 0 Å². The highest BCUT2D eigenvalue weighted by molar-refractivity contribution is 7.85. The van der Waals surface area contributed by atoms with Crippen LogP contribution in [-0.2, 0) is 40.2 Å². The lowest BCUT2D eigenvalue weighted by Gasteiger charge is -2.12. The Hall–Kier alpha value is -4.20. The van der Waals surface area contributed by atoms with Crippen molar-refractivity contribution in [1.82, 2.24) is 29.5 Å². The van der Waals surface area contributed by atoms with Gasteiger partial charge in [-0.05, 0) is 54.3 Å². The first kappa shape index (κ1) is 25.7. The van der Waals surface area contributed by atoms with E-state index in [-0.39, 0.29) is 12.4 Å². The maximum Gasteiger partial charge on any atom is 0.264 e. The lowest BCUT2D eigenvalue weighted by atomic mass is 9.95. The van der Waals surface area contributed by atoms with E-state index < -0.39 is 10.1 Å². The van der Waals surface area contributed by atoms with E-state index in [1.165, 1.54) is 17.7 Å². The van der Waals surface area contributed by atoms with Crippen molar-refractivity contribution < 1.29 is 17.0 Å². The van der Waals surface area contributed by atoms with Crippen LogP contribution >= 0.6 is 11.3 Å². The molecule has 1 N–H and O–H groups in total. The monoisotopic (exact) mass is 589 g/mol. The van der Waals surface area contributed by atoms with E-state index in [4.69, 9.17) is 4.18 Å². The smallest absolute Gasteiger partial charge is 0.264 e. The van der Waals surface area contributed by atoms with Gasteiger partial charge in [-0.25, -0.2) is 14.4 Å². The zero-order valence-electron chi connectivity index (χ0n) is 21.9. The van der Waals surface area contributed by atoms with Crippen LogP contribution in [0.2, 0.25) is 0 Å². The van der Waals surface area contributed by atoms with Crippen molar-refractivity contribution in [2.45, 2.75) is 25.9 Å². The minimum absolute atomic E-state index is 0.0340. The van der Waals surface area contributed by atoms with Crippen LogP contribution in [0.4, 0.5) is 15.9 Å². The normalized spacial score (nSPS) is 13.0. The summed E-state index contributed by atoms with van der Waals surface area (Å²) in [5.41, 5.74) is 5.86. The summed E-state index contributed by atoms with van der Waals surface area (Å²) in [7, 11) is -3.50. The molecule has 208 valence electrons. The Bertz CT molecular complexity index is 2050. The summed E-state index contributed by atoms with van der Waals surface area (Å²) in [5, 5.41) is 14.6. The molecule has 0 saturated heterocycles. The molecule has 0 saturated carbocycles. The van der Waals surface area contributed by atoms with Gasteiger partial charge in [-0.15, -0.1) is 11.3 Å². The molecule has 1 aliphatic carbocycles. The number of halogens is 1. The van der Waals surface area contributed by atoms with Crippen molar-refractivity contribution in [2.24, 2.45) is 0 Å². The molecule has 4 heterocycles. The summed E-state index contributed by atoms with van der Waals surface area (Å²) in [6, 6.07) is 12.6. The summed E-state index contributed by atoms with van der Waals surface area (Å²) >= 11 is 1.60. The van der Waals surface area contributed by atoms with Gasteiger partial charge in [0.25, 0.3) is 10.1 Å². The molecule has 0 fully saturated rings. The molecule has 0 radical (unpaired) electrons. The van der Waals surface area contributed by atoms with Crippen molar-refractivity contribution in [3.05, 3.63) is 83.8 Å². The average Bonchev–Trinajstić information content (AvgIpc) is 3.63. The number of fused-ring (bicyclic) bond motifs is 6. The second kappa shape index (κ2) is 10.0. The Balaban J connectivity index is 1.17. The molecule has 4 aromatic heterocycles. The second-order valence-electron chi connectivity index (χ2n) is 9.92. The molecule has 0 spiro atoms. The number of thiophene rings is 1. The zero-order chi connectivity index (χ0) is 28.1. The van der Waals surface area contributed by atoms with Gasteiger partial charge in [-0.3, -0.25) is 13.5 Å². The minimum Gasteiger partial charge on any atom is -0.340 e. The number of nitrogens with one attached hydrogen (secondary N) is 1. The number of nitrogens with zero attached hydrogens (tertiary/aromatic N) is 6. The number of aryl methyl sites for hydroxylation is 2. The number of anilines is 2. The van der Waals surface area contributed by atoms with Gasteiger partial charge in [0.1, 0.15) is 22.8 Å². The van der Waals surface area contributed by atoms with E-state index in [1.54, 1.807) is 28.4 Å². The summed E-state index contributed by atoms with van der Waals surface area (Å²) in [6.45, 7) is 0.853. The molecule has 6 aromatic rings. The molecule has 0 unspecified atom stereocenters. The summed E-state index contributed by atoms with van der Waals surface area (Å²) in [6.07, 6.45) is 7.92. The number of rotatable bonds is 8. The molecule has 7 rings (SSSR count). The van der Waals surface area contributed by atoms with Crippen LogP contribution in [0.25, 0.3) is 31.6 Å². The van der Waals surface area contributed by atoms with Gasteiger partial charge in [0, 0.05) is 27.7 Å². The topological polar surface area (TPSA) is 117 Å². The number of hydrogen-bond acceptors (Lipinski definition) is 9. The number of hydrogen-bond donors (Lipinski definition) is 1. The molecule has 0 aliphatic heterocycles. The molecule has 13 heteroatoms. The highest BCUT2D eigenvalue weighted by Crippen LogP contribution is 2.45. The van der Waals surface area contributed by atoms with Gasteiger partial charge in [0.2, 0.25) is 0 Å². The maximum atomic E-state index is 13.6. The first-order chi connectivity index (χ1) is 19.8. The third-order valence-electron chi connectivity index (χ3n) is 7.03. The number of benzene rings is 2. The Kier molecular flexibility index (Phi) is 6.29. The second-order valence-corrected chi connectivity index (χ2v) is 12.6. The van der Waals surface area contributed by atoms with Crippen LogP contribution in [0.5, 0.6) is 0 Å². The molecular formula is C28H24FN7O3S2. The van der Waals surface area contributed by atoms with E-state index in [2.05, 4.69) is 25.5 Å². The van der Waals surface area contributed by atoms with Crippen LogP contribution < -0.4 is 5.32 Å². The molecule has 0 bridgehead atoms. The molecule has 0 atom stereocenters. The summed E-state index contributed by atoms with van der Waals surface area (Å²) < 4.78 is 44.7. The molecule has 1 aliphatic rings. The standard InChI is InChI=1S/C28H24FN7O3S2/c1-41(37,38)39-10-9-35-15-22-23(34-35)7-6-21-25-27(30-16-31-28(25)40-26(21)22)33-20-5-8-24-18(12-20)13-32-36(24)14-17-3-2-4-19(29)11-17/h2-5,8,11-13,15-16H,6-7,9-10,14H2,1H3,(H,30,31,33). The quantitative estimate of drug-likeness (QED) is 0.249. The van der Waals surface area contributed by atoms with E-state index in [0.29, 0.717) is 13.1 Å². The third-order valence-corrected chi connectivity index (χ3v) is 8.79. The van der Waals surface area contributed by atoms with E-state index in [0.717, 1.165) is 73.4 Å².